The monoisotopic (exact) mass is 245 g/mol. The van der Waals surface area contributed by atoms with Crippen LogP contribution in [0, 0.1) is 0 Å². The number of nitrogens with two attached hydrogens (primary N) is 2. The predicted octanol–water partition coefficient (Wildman–Crippen LogP) is -1.83. The van der Waals surface area contributed by atoms with Gasteiger partial charge in [-0.15, -0.1) is 5.17 Å². The molecule has 0 radical (unpaired) electrons. The number of carbonyl (C=O) groups is 3. The van der Waals surface area contributed by atoms with Crippen molar-refractivity contribution in [3.8, 4) is 0 Å². The first-order valence-electron chi connectivity index (χ1n) is 4.41. The number of imide groups is 1. The van der Waals surface area contributed by atoms with E-state index in [9.17, 15) is 14.4 Å². The van der Waals surface area contributed by atoms with Gasteiger partial charge in [0.15, 0.2) is 0 Å². The van der Waals surface area contributed by atoms with Crippen LogP contribution in [0.15, 0.2) is 11.9 Å². The summed E-state index contributed by atoms with van der Waals surface area (Å²) >= 11 is 0. The van der Waals surface area contributed by atoms with E-state index >= 15 is 0 Å². The van der Waals surface area contributed by atoms with Gasteiger partial charge in [-0.3, -0.25) is 14.9 Å². The van der Waals surface area contributed by atoms with Gasteiger partial charge in [-0.25, -0.2) is 15.4 Å². The Balaban J connectivity index is 2.51. The fourth-order valence-electron chi connectivity index (χ4n) is 1.17. The van der Waals surface area contributed by atoms with Gasteiger partial charge in [0.1, 0.15) is 6.04 Å². The zero-order chi connectivity index (χ0) is 13.0. The first kappa shape index (κ1) is 12.6. The molecule has 1 heterocycles. The summed E-state index contributed by atoms with van der Waals surface area (Å²) in [5.41, 5.74) is 5.54. The number of hydrogen-bond donors (Lipinski definition) is 5. The zero-order valence-electron chi connectivity index (χ0n) is 8.54. The minimum absolute atomic E-state index is 0.0196. The average Bonchev–Trinajstić information content (AvgIpc) is 2.42. The van der Waals surface area contributed by atoms with E-state index in [4.69, 9.17) is 16.7 Å². The molecular formula is C7H11N5O5. The number of hydrazine groups is 1. The lowest BCUT2D eigenvalue weighted by atomic mass is 10.2. The maximum Gasteiger partial charge on any atom is 0.532 e. The molecule has 0 spiro atoms. The molecule has 94 valence electrons. The highest BCUT2D eigenvalue weighted by Gasteiger charge is 2.29. The molecule has 1 aliphatic rings. The molecule has 3 amide bonds. The van der Waals surface area contributed by atoms with Gasteiger partial charge in [0.25, 0.3) is 5.91 Å². The van der Waals surface area contributed by atoms with Gasteiger partial charge in [0.2, 0.25) is 0 Å². The fraction of sp³-hybridized carbons (Fsp3) is 0.286. The molecule has 17 heavy (non-hydrogen) atoms. The second kappa shape index (κ2) is 5.03. The van der Waals surface area contributed by atoms with Crippen molar-refractivity contribution in [2.75, 3.05) is 0 Å². The highest BCUT2D eigenvalue weighted by Crippen LogP contribution is 2.04. The lowest BCUT2D eigenvalue weighted by molar-refractivity contribution is -0.120. The Bertz CT molecular complexity index is 381. The standard InChI is InChI=1S/C7H11N5O5/c8-3(2-12(9)17-7(15)16)1-4-5(13)11-6(14)10-4/h2,4H,1,8-9H2,(H,15,16)(H2,10,11,13,14)/b3-2-. The number of rotatable bonds is 4. The smallest absolute Gasteiger partial charge is 0.448 e. The fourth-order valence-corrected chi connectivity index (χ4v) is 1.17. The quantitative estimate of drug-likeness (QED) is 0.219. The molecule has 1 atom stereocenters. The van der Waals surface area contributed by atoms with Crippen LogP contribution < -0.4 is 22.2 Å². The SMILES string of the molecule is N/C(=C\N(N)OC(=O)O)CC1NC(=O)NC1=O. The highest BCUT2D eigenvalue weighted by atomic mass is 16.8. The Kier molecular flexibility index (Phi) is 3.72. The van der Waals surface area contributed by atoms with E-state index in [1.54, 1.807) is 0 Å². The number of nitrogens with one attached hydrogen (secondary N) is 2. The van der Waals surface area contributed by atoms with Crippen molar-refractivity contribution < 1.29 is 24.3 Å². The largest absolute Gasteiger partial charge is 0.532 e. The molecule has 1 unspecified atom stereocenters. The molecule has 0 saturated carbocycles. The van der Waals surface area contributed by atoms with E-state index in [1.165, 1.54) is 0 Å². The number of urea groups is 1. The van der Waals surface area contributed by atoms with Gasteiger partial charge in [-0.05, 0) is 0 Å². The van der Waals surface area contributed by atoms with Crippen LogP contribution in [-0.2, 0) is 9.63 Å². The van der Waals surface area contributed by atoms with Crippen LogP contribution in [0.4, 0.5) is 9.59 Å². The minimum atomic E-state index is -1.61. The number of amides is 3. The number of hydroxylamine groups is 1. The Labute approximate surface area is 95.1 Å². The maximum atomic E-state index is 11.1. The summed E-state index contributed by atoms with van der Waals surface area (Å²) in [5, 5.41) is 12.9. The van der Waals surface area contributed by atoms with E-state index < -0.39 is 24.1 Å². The van der Waals surface area contributed by atoms with Crippen LogP contribution in [0.2, 0.25) is 0 Å². The Morgan fingerprint density at radius 3 is 2.71 bits per heavy atom. The van der Waals surface area contributed by atoms with Gasteiger partial charge in [-0.1, -0.05) is 0 Å². The molecule has 1 fully saturated rings. The second-order valence-electron chi connectivity index (χ2n) is 3.14. The molecule has 0 aliphatic carbocycles. The van der Waals surface area contributed by atoms with Crippen LogP contribution >= 0.6 is 0 Å². The third kappa shape index (κ3) is 3.87. The van der Waals surface area contributed by atoms with Crippen LogP contribution in [0.1, 0.15) is 6.42 Å². The van der Waals surface area contributed by atoms with E-state index in [0.717, 1.165) is 6.20 Å². The van der Waals surface area contributed by atoms with Gasteiger partial charge in [0.05, 0.1) is 6.20 Å². The number of carboxylic acid groups (broad SMARTS) is 1. The molecule has 0 bridgehead atoms. The van der Waals surface area contributed by atoms with Gasteiger partial charge in [-0.2, -0.15) is 0 Å². The van der Waals surface area contributed by atoms with Crippen molar-refractivity contribution in [3.05, 3.63) is 11.9 Å². The third-order valence-electron chi connectivity index (χ3n) is 1.77. The van der Waals surface area contributed by atoms with E-state index in [0.29, 0.717) is 5.17 Å². The first-order chi connectivity index (χ1) is 7.88. The summed E-state index contributed by atoms with van der Waals surface area (Å²) in [6.07, 6.45) is -0.649. The molecule has 0 aromatic carbocycles. The molecule has 0 aromatic heterocycles. The van der Waals surface area contributed by atoms with E-state index in [1.807, 2.05) is 5.32 Å². The van der Waals surface area contributed by atoms with Crippen LogP contribution in [0.5, 0.6) is 0 Å². The number of carbonyl (C=O) groups excluding carboxylic acids is 2. The number of nitrogens with zero attached hydrogens (tertiary/aromatic N) is 1. The second-order valence-corrected chi connectivity index (χ2v) is 3.14. The van der Waals surface area contributed by atoms with Crippen LogP contribution in [-0.4, -0.2) is 34.4 Å². The summed E-state index contributed by atoms with van der Waals surface area (Å²) in [6, 6.07) is -1.42. The van der Waals surface area contributed by atoms with Crippen molar-refractivity contribution in [1.82, 2.24) is 15.8 Å². The van der Waals surface area contributed by atoms with Gasteiger partial charge in [0, 0.05) is 12.1 Å². The van der Waals surface area contributed by atoms with Gasteiger partial charge >= 0.3 is 12.2 Å². The zero-order valence-corrected chi connectivity index (χ0v) is 8.54. The molecule has 10 heteroatoms. The van der Waals surface area contributed by atoms with Crippen molar-refractivity contribution in [2.24, 2.45) is 11.6 Å². The Morgan fingerprint density at radius 1 is 1.59 bits per heavy atom. The number of hydrogen-bond acceptors (Lipinski definition) is 7. The Morgan fingerprint density at radius 2 is 2.24 bits per heavy atom. The van der Waals surface area contributed by atoms with Crippen molar-refractivity contribution >= 4 is 18.1 Å². The average molecular weight is 245 g/mol. The molecule has 1 saturated heterocycles. The predicted molar refractivity (Wildman–Crippen MR) is 52.5 cm³/mol. The molecule has 1 aliphatic heterocycles. The first-order valence-corrected chi connectivity index (χ1v) is 4.41. The summed E-state index contributed by atoms with van der Waals surface area (Å²) in [4.78, 5) is 36.0. The highest BCUT2D eigenvalue weighted by molar-refractivity contribution is 6.04. The van der Waals surface area contributed by atoms with Crippen molar-refractivity contribution in [1.29, 1.82) is 0 Å². The summed E-state index contributed by atoms with van der Waals surface area (Å²) < 4.78 is 0. The van der Waals surface area contributed by atoms with Crippen LogP contribution in [0.25, 0.3) is 0 Å². The minimum Gasteiger partial charge on any atom is -0.448 e. The van der Waals surface area contributed by atoms with E-state index in [2.05, 4.69) is 10.2 Å². The summed E-state index contributed by atoms with van der Waals surface area (Å²) in [7, 11) is 0. The molecule has 10 nitrogen and oxygen atoms in total. The maximum absolute atomic E-state index is 11.1. The summed E-state index contributed by atoms with van der Waals surface area (Å²) in [5.74, 6) is 4.58. The van der Waals surface area contributed by atoms with Crippen molar-refractivity contribution in [2.45, 2.75) is 12.5 Å². The molecule has 7 N–H and O–H groups in total. The normalized spacial score (nSPS) is 19.6. The van der Waals surface area contributed by atoms with E-state index in [-0.39, 0.29) is 12.1 Å². The lowest BCUT2D eigenvalue weighted by Gasteiger charge is -2.12. The lowest BCUT2D eigenvalue weighted by Crippen LogP contribution is -2.33. The third-order valence-corrected chi connectivity index (χ3v) is 1.77. The molecular weight excluding hydrogens is 234 g/mol. The van der Waals surface area contributed by atoms with Crippen LogP contribution in [0.3, 0.4) is 0 Å². The van der Waals surface area contributed by atoms with Gasteiger partial charge < -0.3 is 16.2 Å². The topological polar surface area (TPSA) is 160 Å². The Hall–Kier alpha value is -2.49. The molecule has 0 aromatic rings. The molecule has 1 rings (SSSR count). The van der Waals surface area contributed by atoms with Crippen molar-refractivity contribution in [3.63, 3.8) is 0 Å². The summed E-state index contributed by atoms with van der Waals surface area (Å²) in [6.45, 7) is 0.